The summed E-state index contributed by atoms with van der Waals surface area (Å²) in [6.07, 6.45) is 5.88. The minimum Gasteiger partial charge on any atom is -0.378 e. The lowest BCUT2D eigenvalue weighted by molar-refractivity contribution is -0.0405. The first-order chi connectivity index (χ1) is 41.7. The van der Waals surface area contributed by atoms with E-state index in [0.29, 0.717) is 77.2 Å². The molecule has 450 valence electrons. The van der Waals surface area contributed by atoms with Gasteiger partial charge in [-0.1, -0.05) is 78.5 Å². The normalized spacial score (nSPS) is 18.2. The molecule has 12 rings (SSSR count). The molecule has 10 heterocycles. The average molecular weight is 1220 g/mol. The predicted octanol–water partition coefficient (Wildman–Crippen LogP) is 11.3. The first-order valence-electron chi connectivity index (χ1n) is 29.9. The van der Waals surface area contributed by atoms with Crippen molar-refractivity contribution >= 4 is 52.7 Å². The quantitative estimate of drug-likeness (QED) is 0.0936. The molecule has 0 saturated carbocycles. The van der Waals surface area contributed by atoms with E-state index in [2.05, 4.69) is 128 Å². The molecule has 19 heteroatoms. The number of ether oxygens (including phenoxy) is 6. The van der Waals surface area contributed by atoms with Crippen LogP contribution in [0.2, 0.25) is 0 Å². The first-order valence-corrected chi connectivity index (χ1v) is 32.8. The van der Waals surface area contributed by atoms with E-state index in [9.17, 15) is 15.8 Å². The molecule has 0 N–H and O–H groups in total. The Balaban J connectivity index is 0.000000143. The van der Waals surface area contributed by atoms with Crippen LogP contribution in [0.5, 0.6) is 0 Å². The fourth-order valence-corrected chi connectivity index (χ4v) is 14.3. The fraction of sp³-hybridized carbons (Fsp3) is 0.478. The van der Waals surface area contributed by atoms with Gasteiger partial charge in [0.25, 0.3) is 0 Å². The zero-order valence-corrected chi connectivity index (χ0v) is 52.9. The van der Waals surface area contributed by atoms with Crippen LogP contribution in [-0.2, 0) is 86.1 Å². The number of pyridine rings is 4. The summed E-state index contributed by atoms with van der Waals surface area (Å²) in [5.74, 6) is 5.36. The lowest BCUT2D eigenvalue weighted by atomic mass is 9.89. The molecule has 0 atom stereocenters. The highest BCUT2D eigenvalue weighted by Crippen LogP contribution is 2.42. The van der Waals surface area contributed by atoms with Gasteiger partial charge in [-0.15, -0.1) is 23.5 Å². The van der Waals surface area contributed by atoms with Crippen molar-refractivity contribution in [3.8, 4) is 18.2 Å². The Morgan fingerprint density at radius 3 is 1.10 bits per heavy atom. The molecule has 2 aromatic carbocycles. The van der Waals surface area contributed by atoms with E-state index in [1.54, 1.807) is 41.5 Å². The SMILES string of the molecule is CC1(C)Cc2c(C#N)c(SCCc3ccccc3)nc(N3CCOCC3)c2CO1.CC1(C)Cc2c(C#N)c(SCCc3ccccc3)nc(N3CCOCC3)c2CO1.CC1(C)Cc2c(C#N)c(SCc3ccccn3)nc(N3CCOCC3)c2CO1. The number of thioether (sulfide) groups is 3. The van der Waals surface area contributed by atoms with E-state index in [-0.39, 0.29) is 16.8 Å². The van der Waals surface area contributed by atoms with Crippen molar-refractivity contribution in [1.82, 2.24) is 19.9 Å². The molecule has 16 nitrogen and oxygen atoms in total. The largest absolute Gasteiger partial charge is 0.378 e. The minimum absolute atomic E-state index is 0.270. The van der Waals surface area contributed by atoms with Crippen LogP contribution in [0.3, 0.4) is 0 Å². The summed E-state index contributed by atoms with van der Waals surface area (Å²) in [7, 11) is 0. The zero-order valence-electron chi connectivity index (χ0n) is 50.5. The third kappa shape index (κ3) is 15.9. The van der Waals surface area contributed by atoms with Crippen molar-refractivity contribution in [2.24, 2.45) is 0 Å². The van der Waals surface area contributed by atoms with Gasteiger partial charge in [-0.05, 0) is 94.3 Å². The number of aromatic nitrogens is 4. The van der Waals surface area contributed by atoms with Crippen LogP contribution in [0, 0.1) is 34.0 Å². The number of hydrogen-bond donors (Lipinski definition) is 0. The monoisotopic (exact) mass is 1210 g/mol. The third-order valence-electron chi connectivity index (χ3n) is 16.0. The van der Waals surface area contributed by atoms with E-state index in [1.165, 1.54) is 11.1 Å². The van der Waals surface area contributed by atoms with Crippen LogP contribution in [-0.4, -0.2) is 127 Å². The van der Waals surface area contributed by atoms with Crippen LogP contribution < -0.4 is 14.7 Å². The lowest BCUT2D eigenvalue weighted by Crippen LogP contribution is -2.39. The summed E-state index contributed by atoms with van der Waals surface area (Å²) in [6.45, 7) is 23.1. The summed E-state index contributed by atoms with van der Waals surface area (Å²) in [5, 5.41) is 32.4. The second-order valence-electron chi connectivity index (χ2n) is 23.8. The van der Waals surface area contributed by atoms with Gasteiger partial charge < -0.3 is 43.1 Å². The molecule has 6 aliphatic rings. The van der Waals surface area contributed by atoms with E-state index in [0.717, 1.165) is 159 Å². The Morgan fingerprint density at radius 1 is 0.442 bits per heavy atom. The van der Waals surface area contributed by atoms with Crippen molar-refractivity contribution < 1.29 is 28.4 Å². The maximum atomic E-state index is 9.98. The standard InChI is InChI=1S/2C23H27N3O2S.C21H24N4O2S/c2*1-23(2)14-18-19(15-24)22(29-13-8-17-6-4-3-5-7-17)25-21(20(18)16-28-23)26-9-11-27-12-10-26;1-21(2)11-16-17(12-22)20(28-14-15-5-3-4-6-23-15)24-19(18(16)13-27-21)25-7-9-26-10-8-25/h2*3-7H,8-14,16H2,1-2H3;3-6H,7-11,13-14H2,1-2H3. The molecule has 3 fully saturated rings. The van der Waals surface area contributed by atoms with E-state index in [1.807, 2.05) is 30.3 Å². The first kappa shape index (κ1) is 62.8. The van der Waals surface area contributed by atoms with Crippen molar-refractivity contribution in [1.29, 1.82) is 15.8 Å². The average Bonchev–Trinajstić information content (AvgIpc) is 2.18. The fourth-order valence-electron chi connectivity index (χ4n) is 11.4. The van der Waals surface area contributed by atoms with Crippen LogP contribution in [0.1, 0.15) is 108 Å². The molecule has 86 heavy (non-hydrogen) atoms. The van der Waals surface area contributed by atoms with E-state index < -0.39 is 0 Å². The van der Waals surface area contributed by atoms with Gasteiger partial charge in [0.05, 0.1) is 98.6 Å². The number of fused-ring (bicyclic) bond motifs is 3. The molecule has 0 amide bonds. The highest BCUT2D eigenvalue weighted by Gasteiger charge is 2.37. The van der Waals surface area contributed by atoms with Crippen molar-refractivity contribution in [2.75, 3.05) is 105 Å². The van der Waals surface area contributed by atoms with Gasteiger partial charge in [0.1, 0.15) is 50.7 Å². The Morgan fingerprint density at radius 2 is 0.779 bits per heavy atom. The Kier molecular flexibility index (Phi) is 21.3. The van der Waals surface area contributed by atoms with Gasteiger partial charge in [0, 0.05) is 98.7 Å². The number of hydrogen-bond acceptors (Lipinski definition) is 19. The van der Waals surface area contributed by atoms with Crippen LogP contribution in [0.15, 0.2) is 100 Å². The number of anilines is 3. The Bertz CT molecular complexity index is 3260. The molecular weight excluding hydrogens is 1140 g/mol. The number of aryl methyl sites for hydroxylation is 2. The summed E-state index contributed by atoms with van der Waals surface area (Å²) in [6, 6.07) is 34.1. The lowest BCUT2D eigenvalue weighted by Gasteiger charge is -2.37. The second-order valence-corrected chi connectivity index (χ2v) is 26.9. The maximum Gasteiger partial charge on any atom is 0.135 e. The molecule has 3 saturated heterocycles. The molecule has 0 bridgehead atoms. The van der Waals surface area contributed by atoms with Gasteiger partial charge in [0.15, 0.2) is 0 Å². The summed E-state index contributed by atoms with van der Waals surface area (Å²) < 4.78 is 34.8. The van der Waals surface area contributed by atoms with Crippen LogP contribution >= 0.6 is 35.3 Å². The number of nitrogens with zero attached hydrogens (tertiary/aromatic N) is 10. The van der Waals surface area contributed by atoms with Crippen LogP contribution in [0.25, 0.3) is 0 Å². The molecule has 0 unspecified atom stereocenters. The van der Waals surface area contributed by atoms with Crippen molar-refractivity contribution in [2.45, 2.75) is 131 Å². The minimum atomic E-state index is -0.287. The molecule has 0 radical (unpaired) electrons. The number of benzene rings is 2. The molecule has 0 spiro atoms. The van der Waals surface area contributed by atoms with Gasteiger partial charge in [0.2, 0.25) is 0 Å². The van der Waals surface area contributed by atoms with Crippen molar-refractivity contribution in [3.63, 3.8) is 0 Å². The van der Waals surface area contributed by atoms with Gasteiger partial charge in [-0.2, -0.15) is 15.8 Å². The number of morpholine rings is 3. The second kappa shape index (κ2) is 29.1. The summed E-state index contributed by atoms with van der Waals surface area (Å²) in [4.78, 5) is 26.1. The van der Waals surface area contributed by atoms with Gasteiger partial charge >= 0.3 is 0 Å². The Labute approximate surface area is 520 Å². The molecule has 4 aromatic heterocycles. The summed E-state index contributed by atoms with van der Waals surface area (Å²) in [5.41, 5.74) is 11.4. The molecule has 0 aliphatic carbocycles. The van der Waals surface area contributed by atoms with E-state index in [4.69, 9.17) is 43.4 Å². The van der Waals surface area contributed by atoms with Gasteiger partial charge in [-0.25, -0.2) is 15.0 Å². The summed E-state index contributed by atoms with van der Waals surface area (Å²) >= 11 is 4.95. The highest BCUT2D eigenvalue weighted by molar-refractivity contribution is 7.99. The third-order valence-corrected chi connectivity index (χ3v) is 19.0. The smallest absolute Gasteiger partial charge is 0.135 e. The maximum absolute atomic E-state index is 9.98. The Hall–Kier alpha value is -6.28. The predicted molar refractivity (Wildman–Crippen MR) is 339 cm³/mol. The van der Waals surface area contributed by atoms with Crippen LogP contribution in [0.4, 0.5) is 17.5 Å². The highest BCUT2D eigenvalue weighted by atomic mass is 32.2. The van der Waals surface area contributed by atoms with E-state index >= 15 is 0 Å². The molecule has 6 aromatic rings. The number of nitriles is 3. The van der Waals surface area contributed by atoms with Crippen molar-refractivity contribution in [3.05, 3.63) is 152 Å². The molecule has 6 aliphatic heterocycles. The zero-order chi connectivity index (χ0) is 60.1. The topological polar surface area (TPSA) is 188 Å². The number of rotatable bonds is 14. The molecular formula is C67H78N10O6S3. The van der Waals surface area contributed by atoms with Gasteiger partial charge in [-0.3, -0.25) is 4.98 Å².